The zero-order chi connectivity index (χ0) is 18.0. The van der Waals surface area contributed by atoms with Gasteiger partial charge in [-0.3, -0.25) is 4.79 Å². The Morgan fingerprint density at radius 1 is 1.28 bits per heavy atom. The van der Waals surface area contributed by atoms with Crippen LogP contribution in [0.25, 0.3) is 0 Å². The van der Waals surface area contributed by atoms with Gasteiger partial charge in [0.25, 0.3) is 0 Å². The lowest BCUT2D eigenvalue weighted by Gasteiger charge is -2.44. The van der Waals surface area contributed by atoms with Crippen molar-refractivity contribution in [1.29, 1.82) is 0 Å². The molecule has 2 aliphatic heterocycles. The van der Waals surface area contributed by atoms with Crippen LogP contribution >= 0.6 is 11.6 Å². The number of rotatable bonds is 2. The van der Waals surface area contributed by atoms with Crippen molar-refractivity contribution in [3.05, 3.63) is 29.3 Å². The summed E-state index contributed by atoms with van der Waals surface area (Å²) >= 11 is 5.81. The third-order valence-corrected chi connectivity index (χ3v) is 5.08. The molecule has 2 saturated heterocycles. The van der Waals surface area contributed by atoms with E-state index in [1.807, 2.05) is 6.92 Å². The highest BCUT2D eigenvalue weighted by Gasteiger charge is 2.38. The first-order valence-electron chi connectivity index (χ1n) is 8.61. The maximum absolute atomic E-state index is 14.2. The van der Waals surface area contributed by atoms with E-state index in [4.69, 9.17) is 16.3 Å². The quantitative estimate of drug-likeness (QED) is 0.800. The summed E-state index contributed by atoms with van der Waals surface area (Å²) in [5, 5.41) is 0.541. The molecule has 0 aliphatic carbocycles. The minimum absolute atomic E-state index is 0.0145. The second-order valence-corrected chi connectivity index (χ2v) is 7.19. The van der Waals surface area contributed by atoms with Gasteiger partial charge in [0.05, 0.1) is 12.6 Å². The van der Waals surface area contributed by atoms with Gasteiger partial charge in [-0.15, -0.1) is 0 Å². The highest BCUT2D eigenvalue weighted by Crippen LogP contribution is 2.27. The van der Waals surface area contributed by atoms with Crippen LogP contribution in [0.1, 0.15) is 32.6 Å². The van der Waals surface area contributed by atoms with Crippen LogP contribution in [0, 0.1) is 0 Å². The van der Waals surface area contributed by atoms with Gasteiger partial charge in [0.15, 0.2) is 0 Å². The molecular weight excluding hydrogens is 347 g/mol. The molecule has 2 heterocycles. The zero-order valence-corrected chi connectivity index (χ0v) is 14.9. The first kappa shape index (κ1) is 18.0. The Hall–Kier alpha value is -1.82. The van der Waals surface area contributed by atoms with Gasteiger partial charge in [0.2, 0.25) is 5.91 Å². The molecule has 136 valence electrons. The predicted molar refractivity (Wildman–Crippen MR) is 92.5 cm³/mol. The highest BCUT2D eigenvalue weighted by molar-refractivity contribution is 6.30. The molecule has 0 spiro atoms. The van der Waals surface area contributed by atoms with Crippen molar-refractivity contribution >= 4 is 23.6 Å². The summed E-state index contributed by atoms with van der Waals surface area (Å²) in [5.41, 5.74) is 0. The monoisotopic (exact) mass is 368 g/mol. The molecule has 3 atom stereocenters. The molecule has 0 radical (unpaired) electrons. The van der Waals surface area contributed by atoms with Crippen molar-refractivity contribution < 1.29 is 18.7 Å². The molecule has 3 rings (SSSR count). The van der Waals surface area contributed by atoms with E-state index in [0.717, 1.165) is 12.8 Å². The van der Waals surface area contributed by atoms with Crippen LogP contribution in [-0.2, 0) is 4.79 Å². The summed E-state index contributed by atoms with van der Waals surface area (Å²) in [7, 11) is 0. The molecule has 1 aromatic rings. The number of likely N-dealkylation sites (tertiary alicyclic amines) is 2. The Morgan fingerprint density at radius 3 is 2.68 bits per heavy atom. The second-order valence-electron chi connectivity index (χ2n) is 6.76. The first-order valence-corrected chi connectivity index (χ1v) is 8.99. The molecular formula is C18H22ClFN2O3. The smallest absolute Gasteiger partial charge is 0.410 e. The van der Waals surface area contributed by atoms with Gasteiger partial charge in [0.1, 0.15) is 11.9 Å². The molecule has 2 fully saturated rings. The van der Waals surface area contributed by atoms with Crippen LogP contribution < -0.4 is 4.74 Å². The number of carbonyl (C=O) groups is 2. The molecule has 5 nitrogen and oxygen atoms in total. The number of benzene rings is 1. The van der Waals surface area contributed by atoms with Gasteiger partial charge in [-0.1, -0.05) is 11.6 Å². The number of alkyl halides is 1. The second kappa shape index (κ2) is 7.60. The minimum Gasteiger partial charge on any atom is -0.410 e. The Morgan fingerprint density at radius 2 is 2.00 bits per heavy atom. The van der Waals surface area contributed by atoms with E-state index < -0.39 is 12.3 Å². The largest absolute Gasteiger partial charge is 0.415 e. The van der Waals surface area contributed by atoms with E-state index in [-0.39, 0.29) is 31.0 Å². The maximum atomic E-state index is 14.2. The lowest BCUT2D eigenvalue weighted by atomic mass is 9.95. The summed E-state index contributed by atoms with van der Waals surface area (Å²) in [5.74, 6) is 0.401. The van der Waals surface area contributed by atoms with E-state index in [1.54, 1.807) is 29.2 Å². The van der Waals surface area contributed by atoms with Crippen molar-refractivity contribution in [2.24, 2.45) is 0 Å². The van der Waals surface area contributed by atoms with Crippen LogP contribution in [0.2, 0.25) is 5.02 Å². The van der Waals surface area contributed by atoms with Crippen LogP contribution in [0.4, 0.5) is 9.18 Å². The molecule has 7 heteroatoms. The molecule has 0 bridgehead atoms. The third kappa shape index (κ3) is 4.24. The molecule has 2 aliphatic rings. The number of hydrogen-bond acceptors (Lipinski definition) is 3. The van der Waals surface area contributed by atoms with Gasteiger partial charge in [-0.2, -0.15) is 0 Å². The maximum Gasteiger partial charge on any atom is 0.415 e. The van der Waals surface area contributed by atoms with Crippen LogP contribution in [0.5, 0.6) is 5.75 Å². The van der Waals surface area contributed by atoms with Gasteiger partial charge in [0, 0.05) is 30.5 Å². The molecule has 0 N–H and O–H groups in total. The number of halogens is 2. The van der Waals surface area contributed by atoms with Crippen molar-refractivity contribution in [3.63, 3.8) is 0 Å². The molecule has 0 saturated carbocycles. The normalized spacial score (nSPS) is 27.3. The van der Waals surface area contributed by atoms with Gasteiger partial charge in [-0.25, -0.2) is 9.18 Å². The molecule has 1 aromatic carbocycles. The van der Waals surface area contributed by atoms with E-state index >= 15 is 0 Å². The predicted octanol–water partition coefficient (Wildman–Crippen LogP) is 3.65. The molecule has 2 amide bonds. The number of ether oxygens (including phenoxy) is 1. The summed E-state index contributed by atoms with van der Waals surface area (Å²) in [6, 6.07) is 6.19. The summed E-state index contributed by atoms with van der Waals surface area (Å²) < 4.78 is 19.5. The number of carbonyl (C=O) groups excluding carboxylic acids is 2. The number of hydrogen-bond donors (Lipinski definition) is 0. The van der Waals surface area contributed by atoms with Gasteiger partial charge in [-0.05, 0) is 44.0 Å². The number of piperidine rings is 2. The molecule has 0 unspecified atom stereocenters. The highest BCUT2D eigenvalue weighted by atomic mass is 35.5. The average Bonchev–Trinajstić information content (AvgIpc) is 2.56. The summed E-state index contributed by atoms with van der Waals surface area (Å²) in [4.78, 5) is 27.8. The van der Waals surface area contributed by atoms with Crippen LogP contribution in [0.3, 0.4) is 0 Å². The van der Waals surface area contributed by atoms with Crippen molar-refractivity contribution in [2.75, 3.05) is 13.1 Å². The molecule has 0 aromatic heterocycles. The van der Waals surface area contributed by atoms with E-state index in [9.17, 15) is 14.0 Å². The van der Waals surface area contributed by atoms with Gasteiger partial charge >= 0.3 is 6.09 Å². The fourth-order valence-electron chi connectivity index (χ4n) is 3.66. The summed E-state index contributed by atoms with van der Waals surface area (Å²) in [6.07, 6.45) is 0.762. The average molecular weight is 369 g/mol. The Kier molecular flexibility index (Phi) is 5.47. The molecule has 25 heavy (non-hydrogen) atoms. The lowest BCUT2D eigenvalue weighted by molar-refractivity contribution is -0.140. The van der Waals surface area contributed by atoms with Crippen LogP contribution in [0.15, 0.2) is 24.3 Å². The Balaban J connectivity index is 1.68. The van der Waals surface area contributed by atoms with E-state index in [2.05, 4.69) is 0 Å². The third-order valence-electron chi connectivity index (χ3n) is 4.82. The minimum atomic E-state index is -1.17. The lowest BCUT2D eigenvalue weighted by Crippen LogP contribution is -2.58. The first-order chi connectivity index (χ1) is 11.9. The Labute approximate surface area is 151 Å². The number of amides is 2. The zero-order valence-electron chi connectivity index (χ0n) is 14.2. The Bertz CT molecular complexity index is 640. The van der Waals surface area contributed by atoms with Crippen molar-refractivity contribution in [2.45, 2.75) is 50.9 Å². The van der Waals surface area contributed by atoms with E-state index in [0.29, 0.717) is 23.7 Å². The SMILES string of the molecule is C[C@@H]1CCCC(=O)N1[C@H]1C[C@H](F)CN(C(=O)Oc2ccc(Cl)cc2)C1. The fourth-order valence-corrected chi connectivity index (χ4v) is 3.78. The topological polar surface area (TPSA) is 49.9 Å². The van der Waals surface area contributed by atoms with Crippen molar-refractivity contribution in [1.82, 2.24) is 9.80 Å². The number of nitrogens with zero attached hydrogens (tertiary/aromatic N) is 2. The standard InChI is InChI=1S/C18H22ClFN2O3/c1-12-3-2-4-17(23)22(12)15-9-14(20)10-21(11-15)18(24)25-16-7-5-13(19)6-8-16/h5-8,12,14-15H,2-4,9-11H2,1H3/t12-,14+,15+/m1/s1. The van der Waals surface area contributed by atoms with Crippen LogP contribution in [-0.4, -0.2) is 53.1 Å². The van der Waals surface area contributed by atoms with Crippen molar-refractivity contribution in [3.8, 4) is 5.75 Å². The van der Waals surface area contributed by atoms with E-state index in [1.165, 1.54) is 4.90 Å². The fraction of sp³-hybridized carbons (Fsp3) is 0.556. The van der Waals surface area contributed by atoms with Gasteiger partial charge < -0.3 is 14.5 Å². The summed E-state index contributed by atoms with van der Waals surface area (Å²) in [6.45, 7) is 2.26.